The Hall–Kier alpha value is 0.540. The summed E-state index contributed by atoms with van der Waals surface area (Å²) in [6.45, 7) is 0.660. The molecule has 0 amide bonds. The Balaban J connectivity index is 3.07. The molecule has 0 aliphatic heterocycles. The van der Waals surface area contributed by atoms with Crippen LogP contribution >= 0.6 is 23.2 Å². The van der Waals surface area contributed by atoms with Crippen molar-refractivity contribution >= 4 is 23.2 Å². The minimum atomic E-state index is 0.309. The van der Waals surface area contributed by atoms with Crippen LogP contribution in [-0.2, 0) is 4.74 Å². The van der Waals surface area contributed by atoms with E-state index in [1.54, 1.807) is 7.11 Å². The molecule has 8 heavy (non-hydrogen) atoms. The zero-order valence-corrected chi connectivity index (χ0v) is 6.37. The lowest BCUT2D eigenvalue weighted by Crippen LogP contribution is -2.10. The van der Waals surface area contributed by atoms with Gasteiger partial charge in [0, 0.05) is 24.8 Å². The zero-order valence-electron chi connectivity index (χ0n) is 4.86. The van der Waals surface area contributed by atoms with E-state index in [-0.39, 0.29) is 0 Å². The summed E-state index contributed by atoms with van der Waals surface area (Å²) >= 11 is 11.0. The summed E-state index contributed by atoms with van der Waals surface area (Å²) in [5.41, 5.74) is 0. The van der Waals surface area contributed by atoms with Crippen molar-refractivity contribution in [1.29, 1.82) is 0 Å². The highest BCUT2D eigenvalue weighted by Crippen LogP contribution is 2.01. The highest BCUT2D eigenvalue weighted by atomic mass is 35.5. The van der Waals surface area contributed by atoms with Gasteiger partial charge in [0.15, 0.2) is 0 Å². The fourth-order valence-electron chi connectivity index (χ4n) is 0.366. The molecule has 0 spiro atoms. The van der Waals surface area contributed by atoms with E-state index < -0.39 is 0 Å². The van der Waals surface area contributed by atoms with E-state index >= 15 is 0 Å². The van der Waals surface area contributed by atoms with E-state index in [0.717, 1.165) is 0 Å². The normalized spacial score (nSPS) is 10.5. The second-order valence-electron chi connectivity index (χ2n) is 1.63. The second-order valence-corrected chi connectivity index (χ2v) is 2.25. The van der Waals surface area contributed by atoms with E-state index in [2.05, 4.69) is 0 Å². The molecule has 0 aromatic rings. The van der Waals surface area contributed by atoms with E-state index in [4.69, 9.17) is 27.9 Å². The lowest BCUT2D eigenvalue weighted by molar-refractivity contribution is 0.169. The van der Waals surface area contributed by atoms with Crippen molar-refractivity contribution in [3.05, 3.63) is 0 Å². The summed E-state index contributed by atoms with van der Waals surface area (Å²) in [7, 11) is 1.64. The maximum Gasteiger partial charge on any atom is 0.0513 e. The van der Waals surface area contributed by atoms with Crippen LogP contribution in [0.15, 0.2) is 0 Å². The third kappa shape index (κ3) is 3.53. The molecule has 0 saturated carbocycles. The Morgan fingerprint density at radius 3 is 2.00 bits per heavy atom. The van der Waals surface area contributed by atoms with Gasteiger partial charge in [-0.2, -0.15) is 0 Å². The summed E-state index contributed by atoms with van der Waals surface area (Å²) in [5, 5.41) is 0. The number of alkyl halides is 2. The number of methoxy groups -OCH3 is 1. The number of hydrogen-bond donors (Lipinski definition) is 0. The molecule has 0 atom stereocenters. The lowest BCUT2D eigenvalue weighted by atomic mass is 10.2. The maximum atomic E-state index is 5.48. The Morgan fingerprint density at radius 2 is 1.88 bits per heavy atom. The zero-order chi connectivity index (χ0) is 6.41. The first-order valence-corrected chi connectivity index (χ1v) is 3.53. The molecular weight excluding hydrogens is 147 g/mol. The quantitative estimate of drug-likeness (QED) is 0.564. The van der Waals surface area contributed by atoms with Crippen molar-refractivity contribution in [3.8, 4) is 0 Å². The van der Waals surface area contributed by atoms with E-state index in [9.17, 15) is 0 Å². The van der Waals surface area contributed by atoms with E-state index in [1.165, 1.54) is 0 Å². The fraction of sp³-hybridized carbons (Fsp3) is 1.00. The van der Waals surface area contributed by atoms with Crippen LogP contribution in [0.4, 0.5) is 0 Å². The van der Waals surface area contributed by atoms with Crippen molar-refractivity contribution in [3.63, 3.8) is 0 Å². The molecule has 1 nitrogen and oxygen atoms in total. The first-order chi connectivity index (χ1) is 3.85. The molecule has 0 aromatic carbocycles. The van der Waals surface area contributed by atoms with Gasteiger partial charge in [-0.1, -0.05) is 0 Å². The predicted octanol–water partition coefficient (Wildman–Crippen LogP) is 1.73. The number of ether oxygens (including phenoxy) is 1. The molecule has 0 rings (SSSR count). The van der Waals surface area contributed by atoms with Crippen LogP contribution in [0.3, 0.4) is 0 Å². The van der Waals surface area contributed by atoms with Gasteiger partial charge in [0.1, 0.15) is 0 Å². The molecule has 0 heterocycles. The number of rotatable bonds is 4. The number of halogens is 2. The molecule has 0 bridgehead atoms. The van der Waals surface area contributed by atoms with Crippen LogP contribution in [0.5, 0.6) is 0 Å². The first kappa shape index (κ1) is 8.54. The van der Waals surface area contributed by atoms with Crippen molar-refractivity contribution in [1.82, 2.24) is 0 Å². The van der Waals surface area contributed by atoms with Crippen LogP contribution in [0, 0.1) is 5.92 Å². The SMILES string of the molecule is COCC(CCl)CCl. The minimum Gasteiger partial charge on any atom is -0.384 e. The second kappa shape index (κ2) is 5.67. The van der Waals surface area contributed by atoms with Gasteiger partial charge in [-0.05, 0) is 0 Å². The Labute approximate surface area is 59.9 Å². The molecule has 0 saturated heterocycles. The average Bonchev–Trinajstić information content (AvgIpc) is 1.83. The Kier molecular flexibility index (Phi) is 6.06. The highest BCUT2D eigenvalue weighted by Gasteiger charge is 2.02. The molecule has 50 valence electrons. The van der Waals surface area contributed by atoms with Gasteiger partial charge in [0.2, 0.25) is 0 Å². The van der Waals surface area contributed by atoms with Gasteiger partial charge in [0.25, 0.3) is 0 Å². The molecule has 0 unspecified atom stereocenters. The average molecular weight is 157 g/mol. The molecule has 3 heteroatoms. The van der Waals surface area contributed by atoms with Gasteiger partial charge in [-0.25, -0.2) is 0 Å². The standard InChI is InChI=1S/C5H10Cl2O/c1-8-4-5(2-6)3-7/h5H,2-4H2,1H3. The smallest absolute Gasteiger partial charge is 0.0513 e. The lowest BCUT2D eigenvalue weighted by Gasteiger charge is -2.05. The summed E-state index contributed by atoms with van der Waals surface area (Å²) in [4.78, 5) is 0. The van der Waals surface area contributed by atoms with Gasteiger partial charge in [0.05, 0.1) is 6.61 Å². The molecule has 0 radical (unpaired) electrons. The fourth-order valence-corrected chi connectivity index (χ4v) is 0.874. The molecule has 0 aromatic heterocycles. The van der Waals surface area contributed by atoms with Gasteiger partial charge in [-0.15, -0.1) is 23.2 Å². The summed E-state index contributed by atoms with van der Waals surface area (Å²) in [5.74, 6) is 1.47. The molecular formula is C5H10Cl2O. The Bertz CT molecular complexity index is 45.7. The maximum absolute atomic E-state index is 5.48. The Morgan fingerprint density at radius 1 is 1.38 bits per heavy atom. The molecule has 0 fully saturated rings. The van der Waals surface area contributed by atoms with Gasteiger partial charge < -0.3 is 4.74 Å². The molecule has 0 aliphatic rings. The van der Waals surface area contributed by atoms with Crippen molar-refractivity contribution in [2.24, 2.45) is 5.92 Å². The van der Waals surface area contributed by atoms with Gasteiger partial charge in [-0.3, -0.25) is 0 Å². The summed E-state index contributed by atoms with van der Waals surface area (Å²) < 4.78 is 4.82. The van der Waals surface area contributed by atoms with Crippen molar-refractivity contribution in [2.45, 2.75) is 0 Å². The topological polar surface area (TPSA) is 9.23 Å². The molecule has 0 N–H and O–H groups in total. The van der Waals surface area contributed by atoms with Gasteiger partial charge >= 0.3 is 0 Å². The van der Waals surface area contributed by atoms with Crippen LogP contribution in [-0.4, -0.2) is 25.5 Å². The predicted molar refractivity (Wildman–Crippen MR) is 36.8 cm³/mol. The van der Waals surface area contributed by atoms with E-state index in [0.29, 0.717) is 24.3 Å². The van der Waals surface area contributed by atoms with E-state index in [1.807, 2.05) is 0 Å². The third-order valence-corrected chi connectivity index (χ3v) is 1.71. The van der Waals surface area contributed by atoms with Crippen LogP contribution in [0.25, 0.3) is 0 Å². The molecule has 0 aliphatic carbocycles. The largest absolute Gasteiger partial charge is 0.384 e. The van der Waals surface area contributed by atoms with Crippen molar-refractivity contribution < 1.29 is 4.74 Å². The highest BCUT2D eigenvalue weighted by molar-refractivity contribution is 6.20. The van der Waals surface area contributed by atoms with Crippen LogP contribution < -0.4 is 0 Å². The summed E-state index contributed by atoms with van der Waals surface area (Å²) in [6, 6.07) is 0. The first-order valence-electron chi connectivity index (χ1n) is 2.46. The minimum absolute atomic E-state index is 0.309. The monoisotopic (exact) mass is 156 g/mol. The van der Waals surface area contributed by atoms with Crippen LogP contribution in [0.2, 0.25) is 0 Å². The summed E-state index contributed by atoms with van der Waals surface area (Å²) in [6.07, 6.45) is 0. The van der Waals surface area contributed by atoms with Crippen LogP contribution in [0.1, 0.15) is 0 Å². The number of hydrogen-bond acceptors (Lipinski definition) is 1. The van der Waals surface area contributed by atoms with Crippen molar-refractivity contribution in [2.75, 3.05) is 25.5 Å². The third-order valence-electron chi connectivity index (χ3n) is 0.839.